The van der Waals surface area contributed by atoms with Gasteiger partial charge in [-0.1, -0.05) is 31.5 Å². The van der Waals surface area contributed by atoms with Crippen molar-refractivity contribution in [1.82, 2.24) is 5.32 Å². The van der Waals surface area contributed by atoms with Crippen LogP contribution in [0, 0.1) is 0 Å². The minimum atomic E-state index is -4.27. The quantitative estimate of drug-likeness (QED) is 0.694. The van der Waals surface area contributed by atoms with Gasteiger partial charge in [-0.05, 0) is 31.0 Å². The summed E-state index contributed by atoms with van der Waals surface area (Å²) in [5.41, 5.74) is 0.0476. The van der Waals surface area contributed by atoms with E-state index >= 15 is 0 Å². The van der Waals surface area contributed by atoms with Crippen LogP contribution in [0.15, 0.2) is 24.3 Å². The van der Waals surface area contributed by atoms with Crippen molar-refractivity contribution in [3.63, 3.8) is 0 Å². The van der Waals surface area contributed by atoms with Gasteiger partial charge in [0.25, 0.3) is 0 Å². The van der Waals surface area contributed by atoms with E-state index in [-0.39, 0.29) is 0 Å². The molecule has 0 aliphatic carbocycles. The molecule has 1 aromatic carbocycles. The molecule has 0 amide bonds. The lowest BCUT2D eigenvalue weighted by molar-refractivity contribution is -0.137. The molecule has 0 bridgehead atoms. The van der Waals surface area contributed by atoms with Crippen LogP contribution >= 0.6 is 0 Å². The Morgan fingerprint density at radius 2 is 1.90 bits per heavy atom. The van der Waals surface area contributed by atoms with Gasteiger partial charge in [-0.3, -0.25) is 0 Å². The molecule has 1 rings (SSSR count). The number of hydrogen-bond acceptors (Lipinski definition) is 2. The zero-order valence-corrected chi connectivity index (χ0v) is 11.8. The predicted molar refractivity (Wildman–Crippen MR) is 73.5 cm³/mol. The predicted octanol–water partition coefficient (Wildman–Crippen LogP) is 4.00. The van der Waals surface area contributed by atoms with Gasteiger partial charge in [-0.15, -0.1) is 0 Å². The van der Waals surface area contributed by atoms with Crippen LogP contribution in [0.25, 0.3) is 0 Å². The molecule has 0 aromatic heterocycles. The average molecular weight is 289 g/mol. The number of ether oxygens (including phenoxy) is 1. The summed E-state index contributed by atoms with van der Waals surface area (Å²) in [7, 11) is 0. The zero-order valence-electron chi connectivity index (χ0n) is 11.8. The first kappa shape index (κ1) is 17.0. The van der Waals surface area contributed by atoms with Gasteiger partial charge in [-0.2, -0.15) is 13.2 Å². The van der Waals surface area contributed by atoms with Gasteiger partial charge in [0.2, 0.25) is 0 Å². The maximum Gasteiger partial charge on any atom is 0.416 e. The standard InChI is InChI=1S/C15H22F3NO/c1-2-3-9-20-10-5-8-19-12-13-6-4-7-14(11-13)15(16,17)18/h4,6-7,11,19H,2-3,5,8-10,12H2,1H3. The van der Waals surface area contributed by atoms with E-state index in [0.717, 1.165) is 38.5 Å². The Labute approximate surface area is 118 Å². The van der Waals surface area contributed by atoms with Gasteiger partial charge in [0.15, 0.2) is 0 Å². The van der Waals surface area contributed by atoms with Gasteiger partial charge in [0.1, 0.15) is 0 Å². The van der Waals surface area contributed by atoms with E-state index in [0.29, 0.717) is 18.7 Å². The largest absolute Gasteiger partial charge is 0.416 e. The smallest absolute Gasteiger partial charge is 0.381 e. The molecule has 114 valence electrons. The molecule has 0 radical (unpaired) electrons. The molecule has 1 aromatic rings. The van der Waals surface area contributed by atoms with E-state index < -0.39 is 11.7 Å². The maximum absolute atomic E-state index is 12.5. The van der Waals surface area contributed by atoms with Gasteiger partial charge < -0.3 is 10.1 Å². The molecule has 0 saturated carbocycles. The number of halogens is 3. The van der Waals surface area contributed by atoms with Gasteiger partial charge in [-0.25, -0.2) is 0 Å². The fourth-order valence-corrected chi connectivity index (χ4v) is 1.74. The van der Waals surface area contributed by atoms with Crippen molar-refractivity contribution in [2.45, 2.75) is 38.9 Å². The van der Waals surface area contributed by atoms with Crippen LogP contribution in [0.3, 0.4) is 0 Å². The Morgan fingerprint density at radius 1 is 1.15 bits per heavy atom. The van der Waals surface area contributed by atoms with Crippen molar-refractivity contribution in [3.8, 4) is 0 Å². The first-order chi connectivity index (χ1) is 9.54. The third-order valence-electron chi connectivity index (χ3n) is 2.87. The molecule has 2 nitrogen and oxygen atoms in total. The maximum atomic E-state index is 12.5. The van der Waals surface area contributed by atoms with Crippen LogP contribution in [0.1, 0.15) is 37.3 Å². The van der Waals surface area contributed by atoms with Crippen LogP contribution in [0.2, 0.25) is 0 Å². The average Bonchev–Trinajstić information content (AvgIpc) is 2.41. The summed E-state index contributed by atoms with van der Waals surface area (Å²) < 4.78 is 43.0. The molecule has 0 aliphatic rings. The molecule has 0 atom stereocenters. The molecular formula is C15H22F3NO. The molecule has 5 heteroatoms. The highest BCUT2D eigenvalue weighted by Gasteiger charge is 2.30. The van der Waals surface area contributed by atoms with Crippen LogP contribution in [0.5, 0.6) is 0 Å². The summed E-state index contributed by atoms with van der Waals surface area (Å²) >= 11 is 0. The van der Waals surface area contributed by atoms with E-state index in [1.165, 1.54) is 12.1 Å². The van der Waals surface area contributed by atoms with E-state index in [4.69, 9.17) is 4.74 Å². The molecule has 0 fully saturated rings. The van der Waals surface area contributed by atoms with Crippen molar-refractivity contribution in [2.75, 3.05) is 19.8 Å². The fraction of sp³-hybridized carbons (Fsp3) is 0.600. The van der Waals surface area contributed by atoms with Crippen molar-refractivity contribution in [1.29, 1.82) is 0 Å². The van der Waals surface area contributed by atoms with E-state index in [1.807, 2.05) is 0 Å². The SMILES string of the molecule is CCCCOCCCNCc1cccc(C(F)(F)F)c1. The van der Waals surface area contributed by atoms with Crippen molar-refractivity contribution < 1.29 is 17.9 Å². The second-order valence-corrected chi connectivity index (χ2v) is 4.69. The van der Waals surface area contributed by atoms with E-state index in [2.05, 4.69) is 12.2 Å². The fourth-order valence-electron chi connectivity index (χ4n) is 1.74. The van der Waals surface area contributed by atoms with Gasteiger partial charge >= 0.3 is 6.18 Å². The van der Waals surface area contributed by atoms with Crippen LogP contribution < -0.4 is 5.32 Å². The van der Waals surface area contributed by atoms with Crippen molar-refractivity contribution in [2.24, 2.45) is 0 Å². The normalized spacial score (nSPS) is 11.8. The highest BCUT2D eigenvalue weighted by Crippen LogP contribution is 2.29. The summed E-state index contributed by atoms with van der Waals surface area (Å²) in [5.74, 6) is 0. The minimum absolute atomic E-state index is 0.443. The number of nitrogens with one attached hydrogen (secondary N) is 1. The van der Waals surface area contributed by atoms with E-state index in [1.54, 1.807) is 6.07 Å². The second kappa shape index (κ2) is 8.97. The first-order valence-corrected chi connectivity index (χ1v) is 6.98. The number of benzene rings is 1. The first-order valence-electron chi connectivity index (χ1n) is 6.98. The molecule has 0 spiro atoms. The third kappa shape index (κ3) is 6.91. The van der Waals surface area contributed by atoms with Crippen molar-refractivity contribution >= 4 is 0 Å². The highest BCUT2D eigenvalue weighted by atomic mass is 19.4. The van der Waals surface area contributed by atoms with Gasteiger partial charge in [0, 0.05) is 19.8 Å². The Morgan fingerprint density at radius 3 is 2.60 bits per heavy atom. The molecule has 20 heavy (non-hydrogen) atoms. The van der Waals surface area contributed by atoms with Crippen LogP contribution in [-0.4, -0.2) is 19.8 Å². The summed E-state index contributed by atoms with van der Waals surface area (Å²) in [6.07, 6.45) is -1.22. The lowest BCUT2D eigenvalue weighted by Gasteiger charge is -2.09. The third-order valence-corrected chi connectivity index (χ3v) is 2.87. The second-order valence-electron chi connectivity index (χ2n) is 4.69. The molecular weight excluding hydrogens is 267 g/mol. The highest BCUT2D eigenvalue weighted by molar-refractivity contribution is 5.25. The monoisotopic (exact) mass is 289 g/mol. The minimum Gasteiger partial charge on any atom is -0.381 e. The van der Waals surface area contributed by atoms with Crippen LogP contribution in [0.4, 0.5) is 13.2 Å². The van der Waals surface area contributed by atoms with Crippen LogP contribution in [-0.2, 0) is 17.5 Å². The Kier molecular flexibility index (Phi) is 7.62. The summed E-state index contributed by atoms with van der Waals surface area (Å²) in [6, 6.07) is 5.41. The lowest BCUT2D eigenvalue weighted by Crippen LogP contribution is -2.17. The van der Waals surface area contributed by atoms with E-state index in [9.17, 15) is 13.2 Å². The lowest BCUT2D eigenvalue weighted by atomic mass is 10.1. The Hall–Kier alpha value is -1.07. The number of hydrogen-bond donors (Lipinski definition) is 1. The summed E-state index contributed by atoms with van der Waals surface area (Å²) in [4.78, 5) is 0. The molecule has 1 N–H and O–H groups in total. The molecule has 0 heterocycles. The summed E-state index contributed by atoms with van der Waals surface area (Å²) in [6.45, 7) is 4.76. The zero-order chi connectivity index (χ0) is 14.8. The molecule has 0 saturated heterocycles. The summed E-state index contributed by atoms with van der Waals surface area (Å²) in [5, 5.41) is 3.12. The topological polar surface area (TPSA) is 21.3 Å². The number of alkyl halides is 3. The Balaban J connectivity index is 2.19. The molecule has 0 aliphatic heterocycles. The van der Waals surface area contributed by atoms with Gasteiger partial charge in [0.05, 0.1) is 5.56 Å². The van der Waals surface area contributed by atoms with Crippen molar-refractivity contribution in [3.05, 3.63) is 35.4 Å². The number of rotatable bonds is 9. The molecule has 0 unspecified atom stereocenters. The number of unbranched alkanes of at least 4 members (excludes halogenated alkanes) is 1. The Bertz CT molecular complexity index is 380.